The van der Waals surface area contributed by atoms with Gasteiger partial charge in [-0.3, -0.25) is 0 Å². The van der Waals surface area contributed by atoms with Crippen LogP contribution in [-0.4, -0.2) is 54.1 Å². The summed E-state index contributed by atoms with van der Waals surface area (Å²) in [6, 6.07) is 9.52. The predicted molar refractivity (Wildman–Crippen MR) is 118 cm³/mol. The lowest BCUT2D eigenvalue weighted by Crippen LogP contribution is -2.29. The monoisotopic (exact) mass is 440 g/mol. The summed E-state index contributed by atoms with van der Waals surface area (Å²) in [5.41, 5.74) is 4.21. The number of ether oxygens (including phenoxy) is 1. The molecule has 2 aliphatic rings. The van der Waals surface area contributed by atoms with Crippen LogP contribution in [0.25, 0.3) is 11.2 Å². The third kappa shape index (κ3) is 3.88. The van der Waals surface area contributed by atoms with E-state index in [0.29, 0.717) is 31.1 Å². The molecule has 1 fully saturated rings. The van der Waals surface area contributed by atoms with E-state index in [9.17, 15) is 8.42 Å². The highest BCUT2D eigenvalue weighted by Gasteiger charge is 2.34. The predicted octanol–water partition coefficient (Wildman–Crippen LogP) is 2.82. The Morgan fingerprint density at radius 3 is 2.94 bits per heavy atom. The first kappa shape index (κ1) is 20.6. The molecule has 0 N–H and O–H groups in total. The molecule has 0 bridgehead atoms. The summed E-state index contributed by atoms with van der Waals surface area (Å²) in [4.78, 5) is 9.72. The molecule has 0 saturated carbocycles. The van der Waals surface area contributed by atoms with E-state index < -0.39 is 10.0 Å². The van der Waals surface area contributed by atoms with Gasteiger partial charge in [0.2, 0.25) is 10.0 Å². The van der Waals surface area contributed by atoms with Crippen LogP contribution in [-0.2, 0) is 40.6 Å². The molecule has 3 aromatic rings. The Hall–Kier alpha value is -2.29. The molecule has 31 heavy (non-hydrogen) atoms. The number of aryl methyl sites for hydroxylation is 2. The van der Waals surface area contributed by atoms with Crippen molar-refractivity contribution in [2.24, 2.45) is 5.92 Å². The summed E-state index contributed by atoms with van der Waals surface area (Å²) in [6.07, 6.45) is 6.50. The average Bonchev–Trinajstić information content (AvgIpc) is 3.50. The maximum Gasteiger partial charge on any atom is 0.243 e. The molecule has 1 aliphatic carbocycles. The van der Waals surface area contributed by atoms with E-state index in [4.69, 9.17) is 9.72 Å². The molecule has 1 saturated heterocycles. The number of hydrogen-bond acceptors (Lipinski definition) is 5. The van der Waals surface area contributed by atoms with Gasteiger partial charge in [0, 0.05) is 39.4 Å². The van der Waals surface area contributed by atoms with Crippen molar-refractivity contribution in [3.63, 3.8) is 0 Å². The van der Waals surface area contributed by atoms with Crippen molar-refractivity contribution in [1.82, 2.24) is 18.8 Å². The standard InChI is InChI=1S/C23H28N4O3S/c1-30-13-12-27-22(25-21-6-3-10-24-23(21)27)14-17-9-11-26(16-17)31(28,29)20-8-7-18-4-2-5-19(18)15-20/h3,6-8,10,15,17H,2,4-5,9,11-14,16H2,1H3. The number of rotatable bonds is 7. The Morgan fingerprint density at radius 1 is 1.19 bits per heavy atom. The van der Waals surface area contributed by atoms with Crippen molar-refractivity contribution >= 4 is 21.2 Å². The summed E-state index contributed by atoms with van der Waals surface area (Å²) in [7, 11) is -1.78. The summed E-state index contributed by atoms with van der Waals surface area (Å²) in [6.45, 7) is 2.35. The van der Waals surface area contributed by atoms with Crippen LogP contribution in [0.1, 0.15) is 29.8 Å². The molecule has 164 valence electrons. The third-order valence-electron chi connectivity index (χ3n) is 6.53. The van der Waals surface area contributed by atoms with Crippen LogP contribution >= 0.6 is 0 Å². The third-order valence-corrected chi connectivity index (χ3v) is 8.39. The van der Waals surface area contributed by atoms with Crippen molar-refractivity contribution in [2.75, 3.05) is 26.8 Å². The van der Waals surface area contributed by atoms with Gasteiger partial charge >= 0.3 is 0 Å². The van der Waals surface area contributed by atoms with E-state index in [0.717, 1.165) is 49.1 Å². The molecule has 2 aromatic heterocycles. The fourth-order valence-electron chi connectivity index (χ4n) is 4.88. The molecule has 0 spiro atoms. The zero-order valence-electron chi connectivity index (χ0n) is 17.8. The molecule has 1 atom stereocenters. The molecule has 1 unspecified atom stereocenters. The average molecular weight is 441 g/mol. The van der Waals surface area contributed by atoms with Crippen LogP contribution in [0.3, 0.4) is 0 Å². The smallest absolute Gasteiger partial charge is 0.243 e. The number of imidazole rings is 1. The van der Waals surface area contributed by atoms with Crippen LogP contribution in [0.5, 0.6) is 0 Å². The fraction of sp³-hybridized carbons (Fsp3) is 0.478. The second kappa shape index (κ2) is 8.33. The Labute approximate surface area is 183 Å². The van der Waals surface area contributed by atoms with Crippen molar-refractivity contribution in [2.45, 2.75) is 43.5 Å². The number of pyridine rings is 1. The first-order valence-corrected chi connectivity index (χ1v) is 12.4. The molecule has 8 heteroatoms. The maximum atomic E-state index is 13.3. The normalized spacial score (nSPS) is 19.3. The van der Waals surface area contributed by atoms with Crippen molar-refractivity contribution in [3.8, 4) is 0 Å². The van der Waals surface area contributed by atoms with E-state index >= 15 is 0 Å². The minimum absolute atomic E-state index is 0.238. The van der Waals surface area contributed by atoms with E-state index in [1.807, 2.05) is 24.3 Å². The lowest BCUT2D eigenvalue weighted by Gasteiger charge is -2.17. The van der Waals surface area contributed by atoms with Gasteiger partial charge < -0.3 is 9.30 Å². The van der Waals surface area contributed by atoms with Crippen molar-refractivity contribution in [1.29, 1.82) is 0 Å². The summed E-state index contributed by atoms with van der Waals surface area (Å²) < 4.78 is 35.5. The van der Waals surface area contributed by atoms with Gasteiger partial charge in [0.05, 0.1) is 11.5 Å². The van der Waals surface area contributed by atoms with Crippen molar-refractivity contribution < 1.29 is 13.2 Å². The van der Waals surface area contributed by atoms with Gasteiger partial charge in [0.15, 0.2) is 5.65 Å². The second-order valence-corrected chi connectivity index (χ2v) is 10.5. The zero-order valence-corrected chi connectivity index (χ0v) is 18.6. The maximum absolute atomic E-state index is 13.3. The van der Waals surface area contributed by atoms with Gasteiger partial charge in [-0.25, -0.2) is 18.4 Å². The molecule has 0 amide bonds. The SMILES string of the molecule is COCCn1c(CC2CCN(S(=O)(=O)c3ccc4c(c3)CCC4)C2)nc2cccnc21. The van der Waals surface area contributed by atoms with Gasteiger partial charge in [-0.15, -0.1) is 0 Å². The molecular weight excluding hydrogens is 412 g/mol. The molecule has 1 aliphatic heterocycles. The lowest BCUT2D eigenvalue weighted by molar-refractivity contribution is 0.187. The molecule has 7 nitrogen and oxygen atoms in total. The van der Waals surface area contributed by atoms with Crippen LogP contribution in [0.2, 0.25) is 0 Å². The number of benzene rings is 1. The molecule has 0 radical (unpaired) electrons. The zero-order chi connectivity index (χ0) is 21.4. The highest BCUT2D eigenvalue weighted by atomic mass is 32.2. The number of nitrogens with zero attached hydrogens (tertiary/aromatic N) is 4. The van der Waals surface area contributed by atoms with Crippen LogP contribution in [0, 0.1) is 5.92 Å². The Bertz CT molecular complexity index is 1200. The number of aromatic nitrogens is 3. The lowest BCUT2D eigenvalue weighted by atomic mass is 10.0. The summed E-state index contributed by atoms with van der Waals surface area (Å²) in [5, 5.41) is 0. The number of hydrogen-bond donors (Lipinski definition) is 0. The van der Waals surface area contributed by atoms with E-state index in [1.165, 1.54) is 11.1 Å². The minimum Gasteiger partial charge on any atom is -0.383 e. The molecular formula is C23H28N4O3S. The minimum atomic E-state index is -3.46. The second-order valence-electron chi connectivity index (χ2n) is 8.52. The Morgan fingerprint density at radius 2 is 2.06 bits per heavy atom. The van der Waals surface area contributed by atoms with Crippen molar-refractivity contribution in [3.05, 3.63) is 53.5 Å². The molecule has 5 rings (SSSR count). The van der Waals surface area contributed by atoms with E-state index in [1.54, 1.807) is 23.7 Å². The Kier molecular flexibility index (Phi) is 5.54. The first-order chi connectivity index (χ1) is 15.1. The van der Waals surface area contributed by atoms with Gasteiger partial charge in [0.1, 0.15) is 11.3 Å². The number of methoxy groups -OCH3 is 1. The topological polar surface area (TPSA) is 77.3 Å². The molecule has 3 heterocycles. The summed E-state index contributed by atoms with van der Waals surface area (Å²) in [5.74, 6) is 1.19. The largest absolute Gasteiger partial charge is 0.383 e. The Balaban J connectivity index is 1.34. The van der Waals surface area contributed by atoms with Gasteiger partial charge in [0.25, 0.3) is 0 Å². The van der Waals surface area contributed by atoms with E-state index in [2.05, 4.69) is 9.55 Å². The van der Waals surface area contributed by atoms with Gasteiger partial charge in [-0.1, -0.05) is 6.07 Å². The number of fused-ring (bicyclic) bond motifs is 2. The summed E-state index contributed by atoms with van der Waals surface area (Å²) >= 11 is 0. The van der Waals surface area contributed by atoms with Gasteiger partial charge in [-0.2, -0.15) is 4.31 Å². The fourth-order valence-corrected chi connectivity index (χ4v) is 6.46. The quantitative estimate of drug-likeness (QED) is 0.565. The van der Waals surface area contributed by atoms with Crippen LogP contribution in [0.4, 0.5) is 0 Å². The first-order valence-electron chi connectivity index (χ1n) is 11.0. The van der Waals surface area contributed by atoms with Crippen LogP contribution in [0.15, 0.2) is 41.4 Å². The van der Waals surface area contributed by atoms with E-state index in [-0.39, 0.29) is 5.92 Å². The molecule has 1 aromatic carbocycles. The number of sulfonamides is 1. The highest BCUT2D eigenvalue weighted by molar-refractivity contribution is 7.89. The van der Waals surface area contributed by atoms with Gasteiger partial charge in [-0.05, 0) is 67.0 Å². The highest BCUT2D eigenvalue weighted by Crippen LogP contribution is 2.30. The van der Waals surface area contributed by atoms with Crippen LogP contribution < -0.4 is 0 Å².